The maximum atomic E-state index is 6.02. The highest BCUT2D eigenvalue weighted by atomic mass is 35.5. The van der Waals surface area contributed by atoms with Crippen LogP contribution < -0.4 is 5.32 Å². The van der Waals surface area contributed by atoms with E-state index < -0.39 is 0 Å². The van der Waals surface area contributed by atoms with Crippen molar-refractivity contribution >= 4 is 23.2 Å². The summed E-state index contributed by atoms with van der Waals surface area (Å²) in [5, 5.41) is 9.00. The van der Waals surface area contributed by atoms with Gasteiger partial charge >= 0.3 is 0 Å². The van der Waals surface area contributed by atoms with Gasteiger partial charge in [-0.05, 0) is 37.6 Å². The van der Waals surface area contributed by atoms with Crippen molar-refractivity contribution in [2.24, 2.45) is 0 Å². The van der Waals surface area contributed by atoms with Crippen molar-refractivity contribution in [1.29, 1.82) is 0 Å². The molecule has 0 bridgehead atoms. The highest BCUT2D eigenvalue weighted by molar-refractivity contribution is 6.42. The fraction of sp³-hybridized carbons (Fsp3) is 0.400. The number of halogens is 2. The molecule has 108 valence electrons. The molecule has 0 fully saturated rings. The summed E-state index contributed by atoms with van der Waals surface area (Å²) in [4.78, 5) is 0. The second-order valence-corrected chi connectivity index (χ2v) is 5.71. The van der Waals surface area contributed by atoms with Crippen LogP contribution in [0, 0.1) is 0 Å². The Morgan fingerprint density at radius 3 is 2.80 bits per heavy atom. The zero-order valence-corrected chi connectivity index (χ0v) is 13.2. The lowest BCUT2D eigenvalue weighted by atomic mass is 10.2. The first kappa shape index (κ1) is 15.4. The Bertz CT molecular complexity index is 566. The van der Waals surface area contributed by atoms with Crippen LogP contribution in [0.4, 0.5) is 0 Å². The summed E-state index contributed by atoms with van der Waals surface area (Å²) < 4.78 is 1.92. The SMILES string of the molecule is CCCNC(C)c1cnn(Cc2ccc(Cl)c(Cl)c2)c1. The molecule has 2 rings (SSSR count). The van der Waals surface area contributed by atoms with Gasteiger partial charge in [0, 0.05) is 17.8 Å². The van der Waals surface area contributed by atoms with E-state index in [-0.39, 0.29) is 0 Å². The van der Waals surface area contributed by atoms with E-state index in [1.54, 1.807) is 0 Å². The average Bonchev–Trinajstić information content (AvgIpc) is 2.89. The van der Waals surface area contributed by atoms with E-state index in [4.69, 9.17) is 23.2 Å². The van der Waals surface area contributed by atoms with Crippen LogP contribution in [0.3, 0.4) is 0 Å². The second-order valence-electron chi connectivity index (χ2n) is 4.90. The lowest BCUT2D eigenvalue weighted by molar-refractivity contribution is 0.569. The number of aromatic nitrogens is 2. The van der Waals surface area contributed by atoms with Crippen LogP contribution in [0.1, 0.15) is 37.4 Å². The van der Waals surface area contributed by atoms with Crippen molar-refractivity contribution in [2.75, 3.05) is 6.54 Å². The van der Waals surface area contributed by atoms with Crippen molar-refractivity contribution in [1.82, 2.24) is 15.1 Å². The van der Waals surface area contributed by atoms with Crippen molar-refractivity contribution in [3.8, 4) is 0 Å². The van der Waals surface area contributed by atoms with E-state index in [0.717, 1.165) is 18.5 Å². The molecule has 0 amide bonds. The van der Waals surface area contributed by atoms with Gasteiger partial charge in [-0.25, -0.2) is 0 Å². The second kappa shape index (κ2) is 7.11. The summed E-state index contributed by atoms with van der Waals surface area (Å²) in [6.07, 6.45) is 5.10. The number of benzene rings is 1. The predicted molar refractivity (Wildman–Crippen MR) is 84.5 cm³/mol. The van der Waals surface area contributed by atoms with Crippen molar-refractivity contribution < 1.29 is 0 Å². The van der Waals surface area contributed by atoms with Gasteiger partial charge in [-0.1, -0.05) is 36.2 Å². The molecule has 3 nitrogen and oxygen atoms in total. The molecule has 0 saturated carbocycles. The first-order valence-electron chi connectivity index (χ1n) is 6.79. The summed E-state index contributed by atoms with van der Waals surface area (Å²) in [6, 6.07) is 5.98. The summed E-state index contributed by atoms with van der Waals surface area (Å²) in [5.74, 6) is 0. The van der Waals surface area contributed by atoms with Gasteiger partial charge in [0.2, 0.25) is 0 Å². The van der Waals surface area contributed by atoms with Crippen molar-refractivity contribution in [3.63, 3.8) is 0 Å². The van der Waals surface area contributed by atoms with E-state index in [1.165, 1.54) is 5.56 Å². The molecule has 5 heteroatoms. The summed E-state index contributed by atoms with van der Waals surface area (Å²) >= 11 is 11.9. The molecule has 0 spiro atoms. The Balaban J connectivity index is 2.03. The van der Waals surface area contributed by atoms with Crippen LogP contribution in [0.5, 0.6) is 0 Å². The molecule has 1 heterocycles. The lowest BCUT2D eigenvalue weighted by Crippen LogP contribution is -2.18. The third-order valence-corrected chi connectivity index (χ3v) is 3.92. The molecule has 2 aromatic rings. The Hall–Kier alpha value is -1.03. The molecule has 1 aromatic carbocycles. The molecular formula is C15H19Cl2N3. The number of hydrogen-bond acceptors (Lipinski definition) is 2. The van der Waals surface area contributed by atoms with Crippen LogP contribution in [-0.4, -0.2) is 16.3 Å². The van der Waals surface area contributed by atoms with Gasteiger partial charge in [-0.3, -0.25) is 4.68 Å². The quantitative estimate of drug-likeness (QED) is 0.862. The van der Waals surface area contributed by atoms with Gasteiger partial charge in [0.15, 0.2) is 0 Å². The first-order valence-corrected chi connectivity index (χ1v) is 7.55. The molecule has 1 atom stereocenters. The molecular weight excluding hydrogens is 293 g/mol. The minimum Gasteiger partial charge on any atom is -0.310 e. The van der Waals surface area contributed by atoms with Gasteiger partial charge in [0.05, 0.1) is 22.8 Å². The normalized spacial score (nSPS) is 12.6. The molecule has 1 N–H and O–H groups in total. The van der Waals surface area contributed by atoms with Crippen LogP contribution in [0.2, 0.25) is 10.0 Å². The summed E-state index contributed by atoms with van der Waals surface area (Å²) in [7, 11) is 0. The van der Waals surface area contributed by atoms with Crippen LogP contribution in [0.25, 0.3) is 0 Å². The number of rotatable bonds is 6. The fourth-order valence-corrected chi connectivity index (χ4v) is 2.31. The van der Waals surface area contributed by atoms with Crippen LogP contribution >= 0.6 is 23.2 Å². The van der Waals surface area contributed by atoms with Gasteiger partial charge in [0.25, 0.3) is 0 Å². The number of hydrogen-bond donors (Lipinski definition) is 1. The standard InChI is InChI=1S/C15H19Cl2N3/c1-3-6-18-11(2)13-8-19-20(10-13)9-12-4-5-14(16)15(17)7-12/h4-5,7-8,10-11,18H,3,6,9H2,1-2H3. The van der Waals surface area contributed by atoms with Gasteiger partial charge in [0.1, 0.15) is 0 Å². The summed E-state index contributed by atoms with van der Waals surface area (Å²) in [6.45, 7) is 6.01. The third-order valence-electron chi connectivity index (χ3n) is 3.18. The van der Waals surface area contributed by atoms with Crippen molar-refractivity contribution in [3.05, 3.63) is 51.8 Å². The Kier molecular flexibility index (Phi) is 5.46. The topological polar surface area (TPSA) is 29.9 Å². The Morgan fingerprint density at radius 1 is 1.30 bits per heavy atom. The van der Waals surface area contributed by atoms with E-state index in [1.807, 2.05) is 29.1 Å². The average molecular weight is 312 g/mol. The molecule has 0 saturated heterocycles. The van der Waals surface area contributed by atoms with Crippen LogP contribution in [-0.2, 0) is 6.54 Å². The number of nitrogens with zero attached hydrogens (tertiary/aromatic N) is 2. The molecule has 0 aliphatic rings. The van der Waals surface area contributed by atoms with E-state index >= 15 is 0 Å². The highest BCUT2D eigenvalue weighted by Crippen LogP contribution is 2.23. The van der Waals surface area contributed by atoms with Crippen molar-refractivity contribution in [2.45, 2.75) is 32.9 Å². The van der Waals surface area contributed by atoms with Crippen LogP contribution in [0.15, 0.2) is 30.6 Å². The predicted octanol–water partition coefficient (Wildman–Crippen LogP) is 4.30. The van der Waals surface area contributed by atoms with E-state index in [2.05, 4.69) is 30.5 Å². The first-order chi connectivity index (χ1) is 9.60. The summed E-state index contributed by atoms with van der Waals surface area (Å²) in [5.41, 5.74) is 2.28. The molecule has 0 aliphatic carbocycles. The molecule has 0 aliphatic heterocycles. The van der Waals surface area contributed by atoms with Gasteiger partial charge < -0.3 is 5.32 Å². The largest absolute Gasteiger partial charge is 0.310 e. The zero-order valence-electron chi connectivity index (χ0n) is 11.7. The maximum absolute atomic E-state index is 6.02. The van der Waals surface area contributed by atoms with Gasteiger partial charge in [-0.2, -0.15) is 5.10 Å². The zero-order chi connectivity index (χ0) is 14.5. The minimum atomic E-state index is 0.317. The molecule has 20 heavy (non-hydrogen) atoms. The maximum Gasteiger partial charge on any atom is 0.0660 e. The highest BCUT2D eigenvalue weighted by Gasteiger charge is 2.07. The molecule has 1 aromatic heterocycles. The fourth-order valence-electron chi connectivity index (χ4n) is 1.99. The van der Waals surface area contributed by atoms with E-state index in [9.17, 15) is 0 Å². The molecule has 0 radical (unpaired) electrons. The Morgan fingerprint density at radius 2 is 2.10 bits per heavy atom. The smallest absolute Gasteiger partial charge is 0.0660 e. The number of nitrogens with one attached hydrogen (secondary N) is 1. The Labute approximate surface area is 129 Å². The van der Waals surface area contributed by atoms with Gasteiger partial charge in [-0.15, -0.1) is 0 Å². The lowest BCUT2D eigenvalue weighted by Gasteiger charge is -2.10. The van der Waals surface area contributed by atoms with E-state index in [0.29, 0.717) is 22.6 Å². The minimum absolute atomic E-state index is 0.317. The monoisotopic (exact) mass is 311 g/mol. The third kappa shape index (κ3) is 3.98. The molecule has 1 unspecified atom stereocenters.